The lowest BCUT2D eigenvalue weighted by molar-refractivity contribution is -0.264. The van der Waals surface area contributed by atoms with Crippen LogP contribution in [-0.4, -0.2) is 17.9 Å². The molecule has 21 heavy (non-hydrogen) atoms. The zero-order valence-electron chi connectivity index (χ0n) is 11.7. The van der Waals surface area contributed by atoms with E-state index in [4.69, 9.17) is 21.2 Å². The number of alkyl halides is 3. The molecule has 0 radical (unpaired) electrons. The number of hydroxylamine groups is 2. The van der Waals surface area contributed by atoms with Gasteiger partial charge in [-0.2, -0.15) is 13.2 Å². The second kappa shape index (κ2) is 5.51. The van der Waals surface area contributed by atoms with Crippen LogP contribution in [0.25, 0.3) is 0 Å². The zero-order valence-corrected chi connectivity index (χ0v) is 12.5. The first-order chi connectivity index (χ1) is 9.66. The summed E-state index contributed by atoms with van der Waals surface area (Å²) in [4.78, 5) is 5.38. The standard InChI is InChI=1S/C14H15ClF3NO2/c1-13(2,20-3)19-12(11(15)8-21-19)9-4-6-10(7-5-9)14(16,17)18/h4-8,12H,1-3H3. The molecule has 0 spiro atoms. The summed E-state index contributed by atoms with van der Waals surface area (Å²) >= 11 is 6.12. The Morgan fingerprint density at radius 2 is 1.76 bits per heavy atom. The molecule has 116 valence electrons. The fraction of sp³-hybridized carbons (Fsp3) is 0.429. The summed E-state index contributed by atoms with van der Waals surface area (Å²) in [6, 6.07) is 4.31. The van der Waals surface area contributed by atoms with E-state index in [0.717, 1.165) is 12.1 Å². The van der Waals surface area contributed by atoms with Gasteiger partial charge in [-0.1, -0.05) is 23.7 Å². The van der Waals surface area contributed by atoms with Crippen molar-refractivity contribution in [2.24, 2.45) is 0 Å². The maximum atomic E-state index is 12.6. The minimum absolute atomic E-state index is 0.375. The Morgan fingerprint density at radius 1 is 1.19 bits per heavy atom. The molecule has 0 amide bonds. The van der Waals surface area contributed by atoms with Crippen molar-refractivity contribution in [3.05, 3.63) is 46.7 Å². The van der Waals surface area contributed by atoms with Gasteiger partial charge in [0, 0.05) is 7.11 Å². The lowest BCUT2D eigenvalue weighted by Gasteiger charge is -2.36. The molecule has 0 fully saturated rings. The molecule has 3 nitrogen and oxygen atoms in total. The number of benzene rings is 1. The molecule has 1 heterocycles. The summed E-state index contributed by atoms with van der Waals surface area (Å²) in [5.74, 6) is 0. The number of nitrogens with zero attached hydrogens (tertiary/aromatic N) is 1. The smallest absolute Gasteiger partial charge is 0.409 e. The third-order valence-corrected chi connectivity index (χ3v) is 3.65. The lowest BCUT2D eigenvalue weighted by atomic mass is 10.0. The molecule has 1 unspecified atom stereocenters. The van der Waals surface area contributed by atoms with Gasteiger partial charge in [-0.15, -0.1) is 5.06 Å². The number of rotatable bonds is 3. The van der Waals surface area contributed by atoms with Crippen molar-refractivity contribution >= 4 is 11.6 Å². The first-order valence-electron chi connectivity index (χ1n) is 6.21. The molecule has 0 saturated carbocycles. The van der Waals surface area contributed by atoms with Crippen molar-refractivity contribution in [2.75, 3.05) is 7.11 Å². The monoisotopic (exact) mass is 321 g/mol. The molecular formula is C14H15ClF3NO2. The third-order valence-electron chi connectivity index (χ3n) is 3.36. The molecule has 0 aromatic heterocycles. The lowest BCUT2D eigenvalue weighted by Crippen LogP contribution is -2.44. The van der Waals surface area contributed by atoms with E-state index in [0.29, 0.717) is 10.6 Å². The van der Waals surface area contributed by atoms with E-state index in [-0.39, 0.29) is 0 Å². The Morgan fingerprint density at radius 3 is 2.24 bits per heavy atom. The second-order valence-electron chi connectivity index (χ2n) is 5.11. The van der Waals surface area contributed by atoms with Crippen LogP contribution in [0.3, 0.4) is 0 Å². The molecule has 0 saturated heterocycles. The van der Waals surface area contributed by atoms with E-state index in [1.807, 2.05) is 0 Å². The summed E-state index contributed by atoms with van der Waals surface area (Å²) in [7, 11) is 1.51. The SMILES string of the molecule is COC(C)(C)N1OC=C(Cl)C1c1ccc(C(F)(F)F)cc1. The normalized spacial score (nSPS) is 20.3. The van der Waals surface area contributed by atoms with Gasteiger partial charge in [-0.25, -0.2) is 0 Å². The quantitative estimate of drug-likeness (QED) is 0.820. The maximum Gasteiger partial charge on any atom is 0.416 e. The zero-order chi connectivity index (χ0) is 15.8. The molecule has 1 atom stereocenters. The van der Waals surface area contributed by atoms with Gasteiger partial charge in [0.2, 0.25) is 0 Å². The topological polar surface area (TPSA) is 21.7 Å². The van der Waals surface area contributed by atoms with Crippen molar-refractivity contribution in [3.63, 3.8) is 0 Å². The maximum absolute atomic E-state index is 12.6. The Balaban J connectivity index is 2.32. The Kier molecular flexibility index (Phi) is 4.24. The van der Waals surface area contributed by atoms with Gasteiger partial charge < -0.3 is 9.57 Å². The average molecular weight is 322 g/mol. The predicted molar refractivity (Wildman–Crippen MR) is 72.1 cm³/mol. The van der Waals surface area contributed by atoms with Crippen LogP contribution < -0.4 is 0 Å². The fourth-order valence-corrected chi connectivity index (χ4v) is 2.28. The van der Waals surface area contributed by atoms with Gasteiger partial charge in [0.1, 0.15) is 18.0 Å². The van der Waals surface area contributed by atoms with Gasteiger partial charge in [0.25, 0.3) is 0 Å². The predicted octanol–water partition coefficient (Wildman–Crippen LogP) is 4.46. The first kappa shape index (κ1) is 16.1. The average Bonchev–Trinajstić information content (AvgIpc) is 2.80. The summed E-state index contributed by atoms with van der Waals surface area (Å²) in [5.41, 5.74) is -0.907. The molecule has 0 N–H and O–H groups in total. The van der Waals surface area contributed by atoms with Gasteiger partial charge in [0.05, 0.1) is 10.6 Å². The highest BCUT2D eigenvalue weighted by atomic mass is 35.5. The molecule has 0 aliphatic carbocycles. The van der Waals surface area contributed by atoms with Crippen LogP contribution in [0.4, 0.5) is 13.2 Å². The van der Waals surface area contributed by atoms with Crippen LogP contribution in [0, 0.1) is 0 Å². The third kappa shape index (κ3) is 3.17. The summed E-state index contributed by atoms with van der Waals surface area (Å²) in [6.45, 7) is 3.54. The van der Waals surface area contributed by atoms with Gasteiger partial charge in [0.15, 0.2) is 0 Å². The number of methoxy groups -OCH3 is 1. The molecule has 2 rings (SSSR count). The molecule has 7 heteroatoms. The van der Waals surface area contributed by atoms with Crippen LogP contribution in [0.15, 0.2) is 35.6 Å². The largest absolute Gasteiger partial charge is 0.416 e. The number of hydrogen-bond acceptors (Lipinski definition) is 3. The van der Waals surface area contributed by atoms with E-state index < -0.39 is 23.5 Å². The molecule has 1 aliphatic heterocycles. The van der Waals surface area contributed by atoms with Crippen LogP contribution in [-0.2, 0) is 15.8 Å². The van der Waals surface area contributed by atoms with Gasteiger partial charge in [-0.05, 0) is 31.5 Å². The highest BCUT2D eigenvalue weighted by Gasteiger charge is 2.41. The minimum atomic E-state index is -4.37. The van der Waals surface area contributed by atoms with Crippen molar-refractivity contribution in [3.8, 4) is 0 Å². The van der Waals surface area contributed by atoms with Gasteiger partial charge >= 0.3 is 6.18 Å². The summed E-state index contributed by atoms with van der Waals surface area (Å²) in [6.07, 6.45) is -3.01. The van der Waals surface area contributed by atoms with Crippen LogP contribution in [0.5, 0.6) is 0 Å². The van der Waals surface area contributed by atoms with Crippen LogP contribution >= 0.6 is 11.6 Å². The number of halogens is 4. The molecule has 1 aromatic rings. The van der Waals surface area contributed by atoms with Crippen molar-refractivity contribution in [2.45, 2.75) is 31.8 Å². The first-order valence-corrected chi connectivity index (χ1v) is 6.58. The Labute approximate surface area is 125 Å². The highest BCUT2D eigenvalue weighted by molar-refractivity contribution is 6.30. The van der Waals surface area contributed by atoms with E-state index in [2.05, 4.69) is 0 Å². The second-order valence-corrected chi connectivity index (χ2v) is 5.54. The van der Waals surface area contributed by atoms with Crippen molar-refractivity contribution in [1.29, 1.82) is 0 Å². The van der Waals surface area contributed by atoms with E-state index in [9.17, 15) is 13.2 Å². The molecule has 0 bridgehead atoms. The molecular weight excluding hydrogens is 307 g/mol. The summed E-state index contributed by atoms with van der Waals surface area (Å²) in [5, 5.41) is 1.87. The van der Waals surface area contributed by atoms with Crippen molar-refractivity contribution < 1.29 is 22.7 Å². The molecule has 1 aliphatic rings. The van der Waals surface area contributed by atoms with Crippen LogP contribution in [0.1, 0.15) is 31.0 Å². The molecule has 1 aromatic carbocycles. The number of ether oxygens (including phenoxy) is 1. The van der Waals surface area contributed by atoms with E-state index >= 15 is 0 Å². The number of hydrogen-bond donors (Lipinski definition) is 0. The summed E-state index contributed by atoms with van der Waals surface area (Å²) < 4.78 is 43.1. The van der Waals surface area contributed by atoms with Crippen LogP contribution in [0.2, 0.25) is 0 Å². The van der Waals surface area contributed by atoms with Crippen molar-refractivity contribution in [1.82, 2.24) is 5.06 Å². The fourth-order valence-electron chi connectivity index (χ4n) is 2.02. The van der Waals surface area contributed by atoms with E-state index in [1.165, 1.54) is 30.6 Å². The van der Waals surface area contributed by atoms with E-state index in [1.54, 1.807) is 13.8 Å². The Bertz CT molecular complexity index is 540. The van der Waals surface area contributed by atoms with Gasteiger partial charge in [-0.3, -0.25) is 0 Å². The highest BCUT2D eigenvalue weighted by Crippen LogP contribution is 2.41. The Hall–Kier alpha value is -1.24. The minimum Gasteiger partial charge on any atom is -0.409 e.